The monoisotopic (exact) mass is 226 g/mol. The van der Waals surface area contributed by atoms with Crippen molar-refractivity contribution < 1.29 is 9.18 Å². The van der Waals surface area contributed by atoms with Crippen LogP contribution in [0.4, 0.5) is 4.39 Å². The average molecular weight is 227 g/mol. The highest BCUT2D eigenvalue weighted by Gasteiger charge is 2.08. The Morgan fingerprint density at radius 2 is 2.27 bits per heavy atom. The molecule has 0 heterocycles. The van der Waals surface area contributed by atoms with Crippen LogP contribution in [-0.2, 0) is 0 Å². The summed E-state index contributed by atoms with van der Waals surface area (Å²) in [5.41, 5.74) is 0.376. The quantitative estimate of drug-likeness (QED) is 0.421. The normalized spacial score (nSPS) is 10.0. The van der Waals surface area contributed by atoms with Crippen LogP contribution < -0.4 is 0 Å². The molecule has 0 unspecified atom stereocenters. The molecular formula is C12H12ClFO. The van der Waals surface area contributed by atoms with E-state index < -0.39 is 5.82 Å². The Kier molecular flexibility index (Phi) is 4.50. The molecule has 0 spiro atoms. The molecule has 0 aliphatic heterocycles. The molecule has 1 aromatic rings. The molecule has 80 valence electrons. The number of unbranched alkanes of at least 4 members (excludes halogenated alkanes) is 1. The van der Waals surface area contributed by atoms with Crippen molar-refractivity contribution >= 4 is 17.4 Å². The highest BCUT2D eigenvalue weighted by Crippen LogP contribution is 2.17. The van der Waals surface area contributed by atoms with E-state index >= 15 is 0 Å². The summed E-state index contributed by atoms with van der Waals surface area (Å²) >= 11 is 5.51. The number of carbonyl (C=O) groups is 1. The standard InChI is InChI=1S/C12H12ClFO/c1-2-3-4-5-12(15)9-6-7-10(13)11(14)8-9/h2,6-8H,1,3-5H2. The maximum Gasteiger partial charge on any atom is 0.162 e. The van der Waals surface area contributed by atoms with E-state index in [-0.39, 0.29) is 10.8 Å². The number of halogens is 2. The van der Waals surface area contributed by atoms with Crippen LogP contribution in [0.25, 0.3) is 0 Å². The number of carbonyl (C=O) groups excluding carboxylic acids is 1. The summed E-state index contributed by atoms with van der Waals surface area (Å²) < 4.78 is 13.0. The van der Waals surface area contributed by atoms with Gasteiger partial charge in [-0.1, -0.05) is 17.7 Å². The predicted molar refractivity (Wildman–Crippen MR) is 59.8 cm³/mol. The Morgan fingerprint density at radius 3 is 2.87 bits per heavy atom. The van der Waals surface area contributed by atoms with Crippen LogP contribution in [0.3, 0.4) is 0 Å². The van der Waals surface area contributed by atoms with Crippen molar-refractivity contribution in [3.05, 3.63) is 47.3 Å². The van der Waals surface area contributed by atoms with Gasteiger partial charge in [-0.3, -0.25) is 4.79 Å². The van der Waals surface area contributed by atoms with Crippen LogP contribution in [0.1, 0.15) is 29.6 Å². The molecule has 0 saturated heterocycles. The van der Waals surface area contributed by atoms with E-state index in [0.29, 0.717) is 12.0 Å². The second-order valence-corrected chi connectivity index (χ2v) is 3.64. The third-order valence-electron chi connectivity index (χ3n) is 2.05. The number of ketones is 1. The van der Waals surface area contributed by atoms with Crippen LogP contribution in [0.15, 0.2) is 30.9 Å². The Bertz CT molecular complexity index is 374. The van der Waals surface area contributed by atoms with Gasteiger partial charge in [0.2, 0.25) is 0 Å². The molecule has 0 aliphatic carbocycles. The second-order valence-electron chi connectivity index (χ2n) is 3.23. The van der Waals surface area contributed by atoms with Gasteiger partial charge in [-0.2, -0.15) is 0 Å². The largest absolute Gasteiger partial charge is 0.294 e. The summed E-state index contributed by atoms with van der Waals surface area (Å²) in [5.74, 6) is -0.612. The third-order valence-corrected chi connectivity index (χ3v) is 2.36. The Balaban J connectivity index is 2.65. The van der Waals surface area contributed by atoms with E-state index in [4.69, 9.17) is 11.6 Å². The van der Waals surface area contributed by atoms with Crippen LogP contribution in [0.5, 0.6) is 0 Å². The van der Waals surface area contributed by atoms with E-state index in [0.717, 1.165) is 12.8 Å². The Labute approximate surface area is 93.6 Å². The molecule has 0 saturated carbocycles. The lowest BCUT2D eigenvalue weighted by Gasteiger charge is -2.01. The van der Waals surface area contributed by atoms with E-state index in [1.807, 2.05) is 0 Å². The molecule has 0 N–H and O–H groups in total. The van der Waals surface area contributed by atoms with Crippen molar-refractivity contribution in [1.29, 1.82) is 0 Å². The molecule has 1 rings (SSSR count). The van der Waals surface area contributed by atoms with Gasteiger partial charge in [-0.15, -0.1) is 6.58 Å². The summed E-state index contributed by atoms with van der Waals surface area (Å²) in [6, 6.07) is 4.12. The Morgan fingerprint density at radius 1 is 1.53 bits per heavy atom. The van der Waals surface area contributed by atoms with Gasteiger partial charge in [-0.25, -0.2) is 4.39 Å². The first-order chi connectivity index (χ1) is 7.15. The molecule has 0 aromatic heterocycles. The second kappa shape index (κ2) is 5.66. The summed E-state index contributed by atoms with van der Waals surface area (Å²) in [5, 5.41) is 0.0395. The van der Waals surface area contributed by atoms with Crippen LogP contribution in [-0.4, -0.2) is 5.78 Å². The van der Waals surface area contributed by atoms with E-state index in [1.165, 1.54) is 12.1 Å². The highest BCUT2D eigenvalue weighted by atomic mass is 35.5. The number of benzene rings is 1. The minimum atomic E-state index is -0.550. The zero-order valence-electron chi connectivity index (χ0n) is 8.30. The molecule has 3 heteroatoms. The lowest BCUT2D eigenvalue weighted by Crippen LogP contribution is -1.99. The number of hydrogen-bond donors (Lipinski definition) is 0. The van der Waals surface area contributed by atoms with Crippen molar-refractivity contribution in [1.82, 2.24) is 0 Å². The van der Waals surface area contributed by atoms with Gasteiger partial charge in [0.15, 0.2) is 5.78 Å². The van der Waals surface area contributed by atoms with Crippen molar-refractivity contribution in [2.45, 2.75) is 19.3 Å². The fourth-order valence-electron chi connectivity index (χ4n) is 1.22. The van der Waals surface area contributed by atoms with Gasteiger partial charge in [0.05, 0.1) is 5.02 Å². The molecule has 0 aliphatic rings. The summed E-state index contributed by atoms with van der Waals surface area (Å²) in [4.78, 5) is 11.5. The van der Waals surface area contributed by atoms with Crippen molar-refractivity contribution in [2.24, 2.45) is 0 Å². The van der Waals surface area contributed by atoms with Gasteiger partial charge in [0.25, 0.3) is 0 Å². The molecule has 0 fully saturated rings. The molecule has 1 nitrogen and oxygen atoms in total. The zero-order chi connectivity index (χ0) is 11.3. The lowest BCUT2D eigenvalue weighted by atomic mass is 10.1. The highest BCUT2D eigenvalue weighted by molar-refractivity contribution is 6.30. The number of rotatable bonds is 5. The zero-order valence-corrected chi connectivity index (χ0v) is 9.06. The van der Waals surface area contributed by atoms with Crippen LogP contribution in [0.2, 0.25) is 5.02 Å². The first kappa shape index (κ1) is 11.9. The van der Waals surface area contributed by atoms with Crippen LogP contribution >= 0.6 is 11.6 Å². The van der Waals surface area contributed by atoms with Gasteiger partial charge in [0.1, 0.15) is 5.82 Å². The minimum absolute atomic E-state index is 0.0395. The van der Waals surface area contributed by atoms with E-state index in [1.54, 1.807) is 12.1 Å². The first-order valence-electron chi connectivity index (χ1n) is 4.74. The lowest BCUT2D eigenvalue weighted by molar-refractivity contribution is 0.0980. The topological polar surface area (TPSA) is 17.1 Å². The third kappa shape index (κ3) is 3.48. The maximum absolute atomic E-state index is 13.0. The summed E-state index contributed by atoms with van der Waals surface area (Å²) in [6.07, 6.45) is 3.71. The smallest absolute Gasteiger partial charge is 0.162 e. The van der Waals surface area contributed by atoms with Gasteiger partial charge < -0.3 is 0 Å². The number of Topliss-reactive ketones (excluding diaryl/α,β-unsaturated/α-hetero) is 1. The molecule has 15 heavy (non-hydrogen) atoms. The fraction of sp³-hybridized carbons (Fsp3) is 0.250. The minimum Gasteiger partial charge on any atom is -0.294 e. The fourth-order valence-corrected chi connectivity index (χ4v) is 1.34. The first-order valence-corrected chi connectivity index (χ1v) is 5.12. The molecule has 0 atom stereocenters. The molecule has 0 bridgehead atoms. The van der Waals surface area contributed by atoms with Crippen molar-refractivity contribution in [3.8, 4) is 0 Å². The van der Waals surface area contributed by atoms with Crippen molar-refractivity contribution in [3.63, 3.8) is 0 Å². The maximum atomic E-state index is 13.0. The summed E-state index contributed by atoms with van der Waals surface area (Å²) in [6.45, 7) is 3.57. The van der Waals surface area contributed by atoms with Crippen LogP contribution in [0, 0.1) is 5.82 Å². The average Bonchev–Trinajstić information content (AvgIpc) is 2.22. The Hall–Kier alpha value is -1.15. The molecule has 0 amide bonds. The number of allylic oxidation sites excluding steroid dienone is 1. The number of hydrogen-bond acceptors (Lipinski definition) is 1. The SMILES string of the molecule is C=CCCCC(=O)c1ccc(Cl)c(F)c1. The predicted octanol–water partition coefficient (Wildman–Crippen LogP) is 4.02. The van der Waals surface area contributed by atoms with E-state index in [9.17, 15) is 9.18 Å². The molecule has 1 aromatic carbocycles. The van der Waals surface area contributed by atoms with Gasteiger partial charge in [0, 0.05) is 12.0 Å². The molecule has 0 radical (unpaired) electrons. The molecular weight excluding hydrogens is 215 g/mol. The summed E-state index contributed by atoms with van der Waals surface area (Å²) in [7, 11) is 0. The van der Waals surface area contributed by atoms with E-state index in [2.05, 4.69) is 6.58 Å². The van der Waals surface area contributed by atoms with Crippen molar-refractivity contribution in [2.75, 3.05) is 0 Å². The van der Waals surface area contributed by atoms with Gasteiger partial charge in [-0.05, 0) is 31.0 Å². The van der Waals surface area contributed by atoms with Gasteiger partial charge >= 0.3 is 0 Å².